The van der Waals surface area contributed by atoms with Gasteiger partial charge in [0, 0.05) is 12.0 Å². The molecule has 0 N–H and O–H groups in total. The number of hydrogen-bond acceptors (Lipinski definition) is 6. The number of benzene rings is 2. The molecule has 174 valence electrons. The fourth-order valence-electron chi connectivity index (χ4n) is 3.88. The average Bonchev–Trinajstić information content (AvgIpc) is 3.15. The van der Waals surface area contributed by atoms with E-state index in [0.29, 0.717) is 24.7 Å². The van der Waals surface area contributed by atoms with E-state index in [1.165, 1.54) is 0 Å². The number of pyridine rings is 1. The Hall–Kier alpha value is -2.81. The molecular formula is C25H29N3O4S. The summed E-state index contributed by atoms with van der Waals surface area (Å²) in [5, 5.41) is 1.01. The van der Waals surface area contributed by atoms with E-state index in [1.807, 2.05) is 45.0 Å². The van der Waals surface area contributed by atoms with Gasteiger partial charge in [-0.1, -0.05) is 36.4 Å². The molecule has 4 rings (SSSR count). The van der Waals surface area contributed by atoms with Gasteiger partial charge in [-0.2, -0.15) is 0 Å². The highest BCUT2D eigenvalue weighted by Gasteiger charge is 2.25. The van der Waals surface area contributed by atoms with Gasteiger partial charge in [0.05, 0.1) is 46.6 Å². The van der Waals surface area contributed by atoms with Gasteiger partial charge in [0.15, 0.2) is 9.84 Å². The first kappa shape index (κ1) is 23.4. The SMILES string of the molecule is CCOCc1nc2cnc3ccccc3c2n1CC(C)(C)OCCS(=O)(=O)c1ccccc1. The van der Waals surface area contributed by atoms with Crippen molar-refractivity contribution >= 4 is 31.8 Å². The van der Waals surface area contributed by atoms with Crippen molar-refractivity contribution in [2.45, 2.75) is 44.4 Å². The molecule has 2 heterocycles. The standard InChI is InChI=1S/C25H29N3O4S/c1-4-31-17-23-27-22-16-26-21-13-9-8-12-20(21)24(22)28(23)18-25(2,3)32-14-15-33(29,30)19-10-6-5-7-11-19/h5-13,16H,4,14-15,17-18H2,1-3H3. The third-order valence-corrected chi connectivity index (χ3v) is 7.17. The smallest absolute Gasteiger partial charge is 0.180 e. The summed E-state index contributed by atoms with van der Waals surface area (Å²) >= 11 is 0. The highest BCUT2D eigenvalue weighted by molar-refractivity contribution is 7.91. The lowest BCUT2D eigenvalue weighted by Gasteiger charge is -2.27. The molecule has 0 fully saturated rings. The van der Waals surface area contributed by atoms with Crippen molar-refractivity contribution < 1.29 is 17.9 Å². The normalized spacial score (nSPS) is 12.6. The second-order valence-corrected chi connectivity index (χ2v) is 10.6. The van der Waals surface area contributed by atoms with Crippen LogP contribution in [-0.4, -0.2) is 47.5 Å². The molecule has 8 heteroatoms. The molecule has 0 aliphatic carbocycles. The highest BCUT2D eigenvalue weighted by atomic mass is 32.2. The van der Waals surface area contributed by atoms with Gasteiger partial charge < -0.3 is 14.0 Å². The first-order valence-electron chi connectivity index (χ1n) is 11.0. The van der Waals surface area contributed by atoms with Crippen LogP contribution in [0.5, 0.6) is 0 Å². The number of sulfone groups is 1. The lowest BCUT2D eigenvalue weighted by molar-refractivity contribution is -0.0219. The van der Waals surface area contributed by atoms with Crippen LogP contribution in [0.1, 0.15) is 26.6 Å². The van der Waals surface area contributed by atoms with Gasteiger partial charge in [-0.15, -0.1) is 0 Å². The van der Waals surface area contributed by atoms with Crippen LogP contribution in [0, 0.1) is 0 Å². The molecule has 2 aromatic heterocycles. The fourth-order valence-corrected chi connectivity index (χ4v) is 4.99. The van der Waals surface area contributed by atoms with Crippen molar-refractivity contribution in [1.82, 2.24) is 14.5 Å². The Morgan fingerprint density at radius 1 is 1.00 bits per heavy atom. The summed E-state index contributed by atoms with van der Waals surface area (Å²) in [6.07, 6.45) is 1.78. The average molecular weight is 468 g/mol. The molecule has 0 atom stereocenters. The highest BCUT2D eigenvalue weighted by Crippen LogP contribution is 2.27. The summed E-state index contributed by atoms with van der Waals surface area (Å²) in [6, 6.07) is 16.4. The van der Waals surface area contributed by atoms with E-state index in [-0.39, 0.29) is 12.4 Å². The minimum Gasteiger partial charge on any atom is -0.374 e. The molecule has 0 unspecified atom stereocenters. The Balaban J connectivity index is 1.59. The third kappa shape index (κ3) is 5.24. The molecule has 0 radical (unpaired) electrons. The monoisotopic (exact) mass is 467 g/mol. The van der Waals surface area contributed by atoms with E-state index < -0.39 is 15.4 Å². The molecule has 0 spiro atoms. The number of rotatable bonds is 10. The van der Waals surface area contributed by atoms with Crippen LogP contribution in [-0.2, 0) is 32.5 Å². The largest absolute Gasteiger partial charge is 0.374 e. The van der Waals surface area contributed by atoms with Crippen molar-refractivity contribution in [3.05, 3.63) is 66.6 Å². The molecule has 4 aromatic rings. The lowest BCUT2D eigenvalue weighted by atomic mass is 10.1. The van der Waals surface area contributed by atoms with Gasteiger partial charge in [-0.25, -0.2) is 13.4 Å². The van der Waals surface area contributed by atoms with Crippen molar-refractivity contribution in [3.63, 3.8) is 0 Å². The Bertz CT molecular complexity index is 1350. The van der Waals surface area contributed by atoms with Crippen molar-refractivity contribution in [2.24, 2.45) is 0 Å². The van der Waals surface area contributed by atoms with Crippen molar-refractivity contribution in [3.8, 4) is 0 Å². The lowest BCUT2D eigenvalue weighted by Crippen LogP contribution is -2.33. The van der Waals surface area contributed by atoms with E-state index in [9.17, 15) is 8.42 Å². The van der Waals surface area contributed by atoms with Crippen LogP contribution in [0.25, 0.3) is 21.9 Å². The zero-order chi connectivity index (χ0) is 23.5. The topological polar surface area (TPSA) is 83.3 Å². The van der Waals surface area contributed by atoms with Gasteiger partial charge in [0.2, 0.25) is 0 Å². The molecule has 0 amide bonds. The zero-order valence-electron chi connectivity index (χ0n) is 19.2. The number of hydrogen-bond donors (Lipinski definition) is 0. The number of para-hydroxylation sites is 1. The Morgan fingerprint density at radius 2 is 1.73 bits per heavy atom. The van der Waals surface area contributed by atoms with Crippen LogP contribution in [0.15, 0.2) is 65.7 Å². The summed E-state index contributed by atoms with van der Waals surface area (Å²) in [6.45, 7) is 7.41. The molecule has 2 aromatic carbocycles. The first-order chi connectivity index (χ1) is 15.8. The van der Waals surface area contributed by atoms with Crippen molar-refractivity contribution in [2.75, 3.05) is 19.0 Å². The second-order valence-electron chi connectivity index (χ2n) is 8.50. The van der Waals surface area contributed by atoms with Crippen LogP contribution in [0.3, 0.4) is 0 Å². The van der Waals surface area contributed by atoms with E-state index in [1.54, 1.807) is 36.5 Å². The number of fused-ring (bicyclic) bond motifs is 3. The summed E-state index contributed by atoms with van der Waals surface area (Å²) < 4.78 is 39.1. The molecule has 7 nitrogen and oxygen atoms in total. The van der Waals surface area contributed by atoms with Gasteiger partial charge in [-0.3, -0.25) is 4.98 Å². The Labute approximate surface area is 194 Å². The van der Waals surface area contributed by atoms with Gasteiger partial charge >= 0.3 is 0 Å². The molecule has 0 saturated heterocycles. The summed E-state index contributed by atoms with van der Waals surface area (Å²) in [5.74, 6) is 0.711. The quantitative estimate of drug-likeness (QED) is 0.344. The van der Waals surface area contributed by atoms with E-state index in [2.05, 4.69) is 9.55 Å². The van der Waals surface area contributed by atoms with Crippen LogP contribution < -0.4 is 0 Å². The van der Waals surface area contributed by atoms with E-state index in [4.69, 9.17) is 14.5 Å². The third-order valence-electron chi connectivity index (χ3n) is 5.48. The second kappa shape index (κ2) is 9.59. The minimum atomic E-state index is -3.40. The van der Waals surface area contributed by atoms with Gasteiger partial charge in [0.25, 0.3) is 0 Å². The maximum Gasteiger partial charge on any atom is 0.180 e. The molecular weight excluding hydrogens is 438 g/mol. The maximum absolute atomic E-state index is 12.6. The first-order valence-corrected chi connectivity index (χ1v) is 12.7. The van der Waals surface area contributed by atoms with Crippen molar-refractivity contribution in [1.29, 1.82) is 0 Å². The molecule has 33 heavy (non-hydrogen) atoms. The Kier molecular flexibility index (Phi) is 6.78. The molecule has 0 aliphatic heterocycles. The number of imidazole rings is 1. The molecule has 0 aliphatic rings. The van der Waals surface area contributed by atoms with E-state index >= 15 is 0 Å². The molecule has 0 saturated carbocycles. The predicted molar refractivity (Wildman–Crippen MR) is 129 cm³/mol. The minimum absolute atomic E-state index is 0.0796. The number of aromatic nitrogens is 3. The van der Waals surface area contributed by atoms with Crippen LogP contribution in [0.2, 0.25) is 0 Å². The predicted octanol–water partition coefficient (Wildman–Crippen LogP) is 4.39. The maximum atomic E-state index is 12.6. The summed E-state index contributed by atoms with van der Waals surface area (Å²) in [5.41, 5.74) is 2.03. The Morgan fingerprint density at radius 3 is 2.48 bits per heavy atom. The zero-order valence-corrected chi connectivity index (χ0v) is 20.0. The summed E-state index contributed by atoms with van der Waals surface area (Å²) in [4.78, 5) is 9.61. The number of ether oxygens (including phenoxy) is 2. The van der Waals surface area contributed by atoms with Crippen LogP contribution in [0.4, 0.5) is 0 Å². The van der Waals surface area contributed by atoms with Gasteiger partial charge in [0.1, 0.15) is 17.9 Å². The van der Waals surface area contributed by atoms with Gasteiger partial charge in [-0.05, 0) is 39.0 Å². The summed E-state index contributed by atoms with van der Waals surface area (Å²) in [7, 11) is -3.40. The van der Waals surface area contributed by atoms with Crippen LogP contribution >= 0.6 is 0 Å². The fraction of sp³-hybridized carbons (Fsp3) is 0.360. The molecule has 0 bridgehead atoms. The van der Waals surface area contributed by atoms with E-state index in [0.717, 1.165) is 27.8 Å². The number of nitrogens with zero attached hydrogens (tertiary/aromatic N) is 3.